The molecule has 0 aliphatic rings. The quantitative estimate of drug-likeness (QED) is 0.664. The fourth-order valence-electron chi connectivity index (χ4n) is 2.07. The summed E-state index contributed by atoms with van der Waals surface area (Å²) in [6.45, 7) is 0. The predicted octanol–water partition coefficient (Wildman–Crippen LogP) is 4.23. The third-order valence-corrected chi connectivity index (χ3v) is 3.96. The number of aromatic nitrogens is 1. The molecule has 0 aliphatic carbocycles. The zero-order valence-electron chi connectivity index (χ0n) is 10.8. The van der Waals surface area contributed by atoms with E-state index in [0.717, 1.165) is 10.8 Å². The van der Waals surface area contributed by atoms with Gasteiger partial charge in [0.1, 0.15) is 11.5 Å². The number of nitrogens with one attached hydrogen (secondary N) is 1. The third-order valence-electron chi connectivity index (χ3n) is 3.07. The first kappa shape index (κ1) is 13.9. The van der Waals surface area contributed by atoms with E-state index in [1.54, 1.807) is 12.3 Å². The first-order chi connectivity index (χ1) is 10.1. The number of nitrogens with zero attached hydrogens (tertiary/aromatic N) is 1. The molecule has 3 aromatic rings. The SMILES string of the molecule is O=C(Nc1ccc(F)cc1I)c1nccc2ccccc12. The molecule has 21 heavy (non-hydrogen) atoms. The van der Waals surface area contributed by atoms with Gasteiger partial charge >= 0.3 is 0 Å². The van der Waals surface area contributed by atoms with Gasteiger partial charge in [-0.05, 0) is 52.2 Å². The number of hydrogen-bond acceptors (Lipinski definition) is 2. The summed E-state index contributed by atoms with van der Waals surface area (Å²) in [5, 5.41) is 4.51. The van der Waals surface area contributed by atoms with Crippen molar-refractivity contribution in [3.8, 4) is 0 Å². The van der Waals surface area contributed by atoms with Crippen LogP contribution in [0.25, 0.3) is 10.8 Å². The van der Waals surface area contributed by atoms with E-state index in [0.29, 0.717) is 15.0 Å². The Bertz CT molecular complexity index is 830. The Kier molecular flexibility index (Phi) is 3.83. The van der Waals surface area contributed by atoms with Gasteiger partial charge in [-0.2, -0.15) is 0 Å². The summed E-state index contributed by atoms with van der Waals surface area (Å²) >= 11 is 1.98. The van der Waals surface area contributed by atoms with Crippen molar-refractivity contribution < 1.29 is 9.18 Å². The van der Waals surface area contributed by atoms with Gasteiger partial charge in [-0.15, -0.1) is 0 Å². The minimum Gasteiger partial charge on any atom is -0.320 e. The summed E-state index contributed by atoms with van der Waals surface area (Å²) in [6, 6.07) is 13.6. The lowest BCUT2D eigenvalue weighted by Crippen LogP contribution is -2.15. The molecule has 1 N–H and O–H groups in total. The second-order valence-electron chi connectivity index (χ2n) is 4.46. The zero-order valence-corrected chi connectivity index (χ0v) is 13.0. The Labute approximate surface area is 134 Å². The highest BCUT2D eigenvalue weighted by Gasteiger charge is 2.13. The number of fused-ring (bicyclic) bond motifs is 1. The van der Waals surface area contributed by atoms with Crippen molar-refractivity contribution in [3.63, 3.8) is 0 Å². The summed E-state index contributed by atoms with van der Waals surface area (Å²) in [4.78, 5) is 16.6. The lowest BCUT2D eigenvalue weighted by Gasteiger charge is -2.08. The van der Waals surface area contributed by atoms with Gasteiger partial charge < -0.3 is 5.32 Å². The molecule has 0 saturated heterocycles. The molecule has 0 bridgehead atoms. The Balaban J connectivity index is 1.97. The number of carbonyl (C=O) groups excluding carboxylic acids is 1. The van der Waals surface area contributed by atoms with Crippen LogP contribution in [0.5, 0.6) is 0 Å². The summed E-state index contributed by atoms with van der Waals surface area (Å²) in [5.74, 6) is -0.642. The van der Waals surface area contributed by atoms with E-state index < -0.39 is 0 Å². The smallest absolute Gasteiger partial charge is 0.274 e. The lowest BCUT2D eigenvalue weighted by atomic mass is 10.1. The van der Waals surface area contributed by atoms with Gasteiger partial charge in [0.2, 0.25) is 0 Å². The Hall–Kier alpha value is -2.02. The van der Waals surface area contributed by atoms with Crippen molar-refractivity contribution in [2.75, 3.05) is 5.32 Å². The molecule has 0 atom stereocenters. The number of carbonyl (C=O) groups is 1. The molecule has 1 heterocycles. The maximum Gasteiger partial charge on any atom is 0.274 e. The van der Waals surface area contributed by atoms with E-state index in [1.165, 1.54) is 12.1 Å². The fourth-order valence-corrected chi connectivity index (χ4v) is 2.69. The van der Waals surface area contributed by atoms with Crippen LogP contribution in [0.1, 0.15) is 10.5 Å². The van der Waals surface area contributed by atoms with Crippen LogP contribution in [0.2, 0.25) is 0 Å². The van der Waals surface area contributed by atoms with Crippen molar-refractivity contribution >= 4 is 45.0 Å². The molecule has 0 saturated carbocycles. The number of benzene rings is 2. The normalized spacial score (nSPS) is 10.6. The molecular formula is C16H10FIN2O. The van der Waals surface area contributed by atoms with Gasteiger partial charge in [-0.1, -0.05) is 24.3 Å². The van der Waals surface area contributed by atoms with E-state index in [-0.39, 0.29) is 11.7 Å². The molecule has 5 heteroatoms. The zero-order chi connectivity index (χ0) is 14.8. The Morgan fingerprint density at radius 3 is 2.76 bits per heavy atom. The third kappa shape index (κ3) is 2.87. The number of rotatable bonds is 2. The van der Waals surface area contributed by atoms with Crippen molar-refractivity contribution in [2.45, 2.75) is 0 Å². The Morgan fingerprint density at radius 1 is 1.14 bits per heavy atom. The molecule has 1 amide bonds. The minimum absolute atomic E-state index is 0.309. The van der Waals surface area contributed by atoms with Crippen molar-refractivity contribution in [1.82, 2.24) is 4.98 Å². The number of amides is 1. The monoisotopic (exact) mass is 392 g/mol. The van der Waals surface area contributed by atoms with Gasteiger partial charge in [0.05, 0.1) is 5.69 Å². The number of halogens is 2. The van der Waals surface area contributed by atoms with Crippen LogP contribution >= 0.6 is 22.6 Å². The maximum absolute atomic E-state index is 13.1. The van der Waals surface area contributed by atoms with Crippen LogP contribution in [0.3, 0.4) is 0 Å². The molecule has 1 aromatic heterocycles. The molecule has 3 rings (SSSR count). The topological polar surface area (TPSA) is 42.0 Å². The number of hydrogen-bond donors (Lipinski definition) is 1. The highest BCUT2D eigenvalue weighted by atomic mass is 127. The molecule has 0 spiro atoms. The molecule has 3 nitrogen and oxygen atoms in total. The lowest BCUT2D eigenvalue weighted by molar-refractivity contribution is 0.102. The highest BCUT2D eigenvalue weighted by molar-refractivity contribution is 14.1. The number of pyridine rings is 1. The largest absolute Gasteiger partial charge is 0.320 e. The second-order valence-corrected chi connectivity index (χ2v) is 5.62. The molecular weight excluding hydrogens is 382 g/mol. The highest BCUT2D eigenvalue weighted by Crippen LogP contribution is 2.21. The molecule has 104 valence electrons. The van der Waals surface area contributed by atoms with E-state index in [4.69, 9.17) is 0 Å². The molecule has 0 aliphatic heterocycles. The van der Waals surface area contributed by atoms with E-state index >= 15 is 0 Å². The second kappa shape index (κ2) is 5.77. The standard InChI is InChI=1S/C16H10FIN2O/c17-11-5-6-14(13(18)9-11)20-16(21)15-12-4-2-1-3-10(12)7-8-19-15/h1-9H,(H,20,21). The molecule has 2 aromatic carbocycles. The average Bonchev–Trinajstić information content (AvgIpc) is 2.49. The van der Waals surface area contributed by atoms with Gasteiger partial charge in [0.15, 0.2) is 0 Å². The van der Waals surface area contributed by atoms with Crippen LogP contribution in [0.4, 0.5) is 10.1 Å². The van der Waals surface area contributed by atoms with Crippen molar-refractivity contribution in [3.05, 3.63) is 69.8 Å². The van der Waals surface area contributed by atoms with Gasteiger partial charge in [0, 0.05) is 15.2 Å². The summed E-state index contributed by atoms with van der Waals surface area (Å²) in [5.41, 5.74) is 0.921. The van der Waals surface area contributed by atoms with Crippen molar-refractivity contribution in [1.29, 1.82) is 0 Å². The van der Waals surface area contributed by atoms with Crippen LogP contribution in [0, 0.1) is 9.39 Å². The molecule has 0 radical (unpaired) electrons. The Morgan fingerprint density at radius 2 is 1.95 bits per heavy atom. The number of anilines is 1. The van der Waals surface area contributed by atoms with Crippen LogP contribution in [0.15, 0.2) is 54.7 Å². The first-order valence-corrected chi connectivity index (χ1v) is 7.33. The predicted molar refractivity (Wildman–Crippen MR) is 88.8 cm³/mol. The van der Waals surface area contributed by atoms with Crippen LogP contribution in [-0.2, 0) is 0 Å². The fraction of sp³-hybridized carbons (Fsp3) is 0. The summed E-state index contributed by atoms with van der Waals surface area (Å²) < 4.78 is 13.7. The minimum atomic E-state index is -0.333. The maximum atomic E-state index is 13.1. The van der Waals surface area contributed by atoms with E-state index in [9.17, 15) is 9.18 Å². The first-order valence-electron chi connectivity index (χ1n) is 6.25. The summed E-state index contributed by atoms with van der Waals surface area (Å²) in [6.07, 6.45) is 1.60. The van der Waals surface area contributed by atoms with Gasteiger partial charge in [0.25, 0.3) is 5.91 Å². The van der Waals surface area contributed by atoms with Gasteiger partial charge in [-0.25, -0.2) is 4.39 Å². The van der Waals surface area contributed by atoms with Crippen LogP contribution in [-0.4, -0.2) is 10.9 Å². The summed E-state index contributed by atoms with van der Waals surface area (Å²) in [7, 11) is 0. The van der Waals surface area contributed by atoms with Crippen LogP contribution < -0.4 is 5.32 Å². The van der Waals surface area contributed by atoms with E-state index in [2.05, 4.69) is 10.3 Å². The average molecular weight is 392 g/mol. The van der Waals surface area contributed by atoms with Crippen molar-refractivity contribution in [2.24, 2.45) is 0 Å². The molecule has 0 unspecified atom stereocenters. The van der Waals surface area contributed by atoms with Gasteiger partial charge in [-0.3, -0.25) is 9.78 Å². The van der Waals surface area contributed by atoms with E-state index in [1.807, 2.05) is 52.9 Å². The molecule has 0 fully saturated rings.